The highest BCUT2D eigenvalue weighted by Crippen LogP contribution is 2.28. The monoisotopic (exact) mass is 438 g/mol. The molecule has 2 saturated heterocycles. The Kier molecular flexibility index (Phi) is 7.22. The summed E-state index contributed by atoms with van der Waals surface area (Å²) in [5.74, 6) is 2.58. The average molecular weight is 439 g/mol. The fourth-order valence-corrected chi connectivity index (χ4v) is 4.78. The predicted octanol–water partition coefficient (Wildman–Crippen LogP) is 4.89. The number of thiocarbonyl (C=S) groups is 1. The third kappa shape index (κ3) is 5.64. The van der Waals surface area contributed by atoms with Crippen molar-refractivity contribution in [1.29, 1.82) is 0 Å². The first-order valence-electron chi connectivity index (χ1n) is 11.6. The minimum absolute atomic E-state index is 0.105. The van der Waals surface area contributed by atoms with Gasteiger partial charge in [-0.2, -0.15) is 9.97 Å². The van der Waals surface area contributed by atoms with Crippen LogP contribution in [0, 0.1) is 0 Å². The summed E-state index contributed by atoms with van der Waals surface area (Å²) in [5.41, 5.74) is 1.19. The van der Waals surface area contributed by atoms with Crippen molar-refractivity contribution in [2.24, 2.45) is 0 Å². The Balaban J connectivity index is 1.53. The van der Waals surface area contributed by atoms with Gasteiger partial charge in [0.1, 0.15) is 11.6 Å². The summed E-state index contributed by atoms with van der Waals surface area (Å²) in [6.45, 7) is 7.56. The van der Waals surface area contributed by atoms with E-state index in [2.05, 4.69) is 52.5 Å². The second kappa shape index (κ2) is 10.3. The van der Waals surface area contributed by atoms with Crippen LogP contribution in [-0.2, 0) is 0 Å². The molecule has 166 valence electrons. The van der Waals surface area contributed by atoms with Gasteiger partial charge in [0.2, 0.25) is 5.95 Å². The predicted molar refractivity (Wildman–Crippen MR) is 133 cm³/mol. The molecule has 4 rings (SSSR count). The number of benzene rings is 1. The Hall–Kier alpha value is -2.41. The number of rotatable bonds is 5. The van der Waals surface area contributed by atoms with Crippen LogP contribution in [0.15, 0.2) is 36.4 Å². The molecule has 7 heteroatoms. The number of nitrogens with one attached hydrogen (secondary N) is 2. The number of hydrogen-bond acceptors (Lipinski definition) is 5. The number of anilines is 3. The maximum atomic E-state index is 5.61. The SMILES string of the molecule is CC(NC(=S)Nc1nc(N2CCCCC2)cc(N2CCCCC2C)n1)c1ccccc1. The highest BCUT2D eigenvalue weighted by atomic mass is 32.1. The lowest BCUT2D eigenvalue weighted by molar-refractivity contribution is 0.481. The fraction of sp³-hybridized carbons (Fsp3) is 0.542. The molecule has 0 saturated carbocycles. The van der Waals surface area contributed by atoms with Crippen molar-refractivity contribution in [3.8, 4) is 0 Å². The highest BCUT2D eigenvalue weighted by molar-refractivity contribution is 7.80. The van der Waals surface area contributed by atoms with Crippen molar-refractivity contribution >= 4 is 34.9 Å². The molecule has 0 amide bonds. The van der Waals surface area contributed by atoms with E-state index < -0.39 is 0 Å². The molecule has 2 N–H and O–H groups in total. The van der Waals surface area contributed by atoms with Gasteiger partial charge in [-0.1, -0.05) is 30.3 Å². The highest BCUT2D eigenvalue weighted by Gasteiger charge is 2.23. The second-order valence-corrected chi connectivity index (χ2v) is 9.13. The molecular weight excluding hydrogens is 404 g/mol. The zero-order valence-electron chi connectivity index (χ0n) is 18.7. The van der Waals surface area contributed by atoms with E-state index in [1.54, 1.807) is 0 Å². The number of aromatic nitrogens is 2. The summed E-state index contributed by atoms with van der Waals surface area (Å²) in [4.78, 5) is 14.5. The maximum absolute atomic E-state index is 5.61. The molecule has 2 atom stereocenters. The Bertz CT molecular complexity index is 868. The van der Waals surface area contributed by atoms with Crippen LogP contribution in [0.5, 0.6) is 0 Å². The molecule has 0 radical (unpaired) electrons. The van der Waals surface area contributed by atoms with Gasteiger partial charge in [-0.25, -0.2) is 0 Å². The molecule has 2 unspecified atom stereocenters. The molecule has 2 aromatic rings. The van der Waals surface area contributed by atoms with Gasteiger partial charge in [0.15, 0.2) is 5.11 Å². The normalized spacial score (nSPS) is 20.3. The first-order valence-corrected chi connectivity index (χ1v) is 12.0. The zero-order chi connectivity index (χ0) is 21.6. The van der Waals surface area contributed by atoms with E-state index in [1.807, 2.05) is 18.2 Å². The van der Waals surface area contributed by atoms with Crippen LogP contribution < -0.4 is 20.4 Å². The van der Waals surface area contributed by atoms with Gasteiger partial charge in [-0.3, -0.25) is 0 Å². The summed E-state index contributed by atoms with van der Waals surface area (Å²) in [5, 5.41) is 7.17. The molecule has 6 nitrogen and oxygen atoms in total. The lowest BCUT2D eigenvalue weighted by Crippen LogP contribution is -2.39. The van der Waals surface area contributed by atoms with E-state index in [0.29, 0.717) is 17.1 Å². The lowest BCUT2D eigenvalue weighted by atomic mass is 10.0. The molecule has 1 aromatic carbocycles. The molecule has 2 aliphatic heterocycles. The van der Waals surface area contributed by atoms with E-state index in [0.717, 1.165) is 31.3 Å². The molecular formula is C24H34N6S. The standard InChI is InChI=1S/C24H34N6S/c1-18-11-7-10-16-30(18)22-17-21(29-14-8-4-9-15-29)26-23(27-22)28-24(31)25-19(2)20-12-5-3-6-13-20/h3,5-6,12-13,17-19H,4,7-11,14-16H2,1-2H3,(H2,25,26,27,28,31). The van der Waals surface area contributed by atoms with Gasteiger partial charge in [-0.05, 0) is 70.2 Å². The van der Waals surface area contributed by atoms with E-state index >= 15 is 0 Å². The van der Waals surface area contributed by atoms with Crippen molar-refractivity contribution in [3.05, 3.63) is 42.0 Å². The Morgan fingerprint density at radius 3 is 2.45 bits per heavy atom. The average Bonchev–Trinajstić information content (AvgIpc) is 2.80. The third-order valence-corrected chi connectivity index (χ3v) is 6.57. The van der Waals surface area contributed by atoms with E-state index in [1.165, 1.54) is 44.1 Å². The molecule has 3 heterocycles. The molecule has 2 aliphatic rings. The minimum atomic E-state index is 0.105. The van der Waals surface area contributed by atoms with Crippen LogP contribution in [0.3, 0.4) is 0 Å². The van der Waals surface area contributed by atoms with Crippen molar-refractivity contribution in [3.63, 3.8) is 0 Å². The van der Waals surface area contributed by atoms with Gasteiger partial charge < -0.3 is 20.4 Å². The first-order chi connectivity index (χ1) is 15.1. The molecule has 0 spiro atoms. The van der Waals surface area contributed by atoms with Crippen molar-refractivity contribution < 1.29 is 0 Å². The molecule has 0 bridgehead atoms. The van der Waals surface area contributed by atoms with Gasteiger partial charge in [0.25, 0.3) is 0 Å². The van der Waals surface area contributed by atoms with Crippen LogP contribution in [-0.4, -0.2) is 40.8 Å². The quantitative estimate of drug-likeness (QED) is 0.644. The van der Waals surface area contributed by atoms with Crippen molar-refractivity contribution in [1.82, 2.24) is 15.3 Å². The van der Waals surface area contributed by atoms with E-state index in [-0.39, 0.29) is 6.04 Å². The lowest BCUT2D eigenvalue weighted by Gasteiger charge is -2.35. The molecule has 2 fully saturated rings. The first kappa shape index (κ1) is 21.8. The van der Waals surface area contributed by atoms with Gasteiger partial charge in [0, 0.05) is 31.7 Å². The van der Waals surface area contributed by atoms with Crippen LogP contribution in [0.2, 0.25) is 0 Å². The van der Waals surface area contributed by atoms with Crippen molar-refractivity contribution in [2.75, 3.05) is 34.8 Å². The zero-order valence-corrected chi connectivity index (χ0v) is 19.5. The van der Waals surface area contributed by atoms with Crippen LogP contribution in [0.25, 0.3) is 0 Å². The Labute approximate surface area is 191 Å². The number of piperidine rings is 2. The fourth-order valence-electron chi connectivity index (χ4n) is 4.51. The Morgan fingerprint density at radius 2 is 1.71 bits per heavy atom. The minimum Gasteiger partial charge on any atom is -0.356 e. The van der Waals surface area contributed by atoms with Crippen LogP contribution in [0.1, 0.15) is 64.0 Å². The van der Waals surface area contributed by atoms with E-state index in [4.69, 9.17) is 22.2 Å². The summed E-state index contributed by atoms with van der Waals surface area (Å²) >= 11 is 5.61. The Morgan fingerprint density at radius 1 is 1.00 bits per heavy atom. The summed E-state index contributed by atoms with van der Waals surface area (Å²) in [6, 6.07) is 13.1. The largest absolute Gasteiger partial charge is 0.356 e. The number of nitrogens with zero attached hydrogens (tertiary/aromatic N) is 4. The molecule has 0 aliphatic carbocycles. The van der Waals surface area contributed by atoms with Gasteiger partial charge in [0.05, 0.1) is 6.04 Å². The third-order valence-electron chi connectivity index (χ3n) is 6.35. The van der Waals surface area contributed by atoms with Crippen LogP contribution in [0.4, 0.5) is 17.6 Å². The molecule has 31 heavy (non-hydrogen) atoms. The second-order valence-electron chi connectivity index (χ2n) is 8.72. The maximum Gasteiger partial charge on any atom is 0.232 e. The van der Waals surface area contributed by atoms with Crippen molar-refractivity contribution in [2.45, 2.75) is 64.5 Å². The summed E-state index contributed by atoms with van der Waals surface area (Å²) in [7, 11) is 0. The topological polar surface area (TPSA) is 56.3 Å². The summed E-state index contributed by atoms with van der Waals surface area (Å²) < 4.78 is 0. The van der Waals surface area contributed by atoms with Gasteiger partial charge in [-0.15, -0.1) is 0 Å². The van der Waals surface area contributed by atoms with Crippen LogP contribution >= 0.6 is 12.2 Å². The smallest absolute Gasteiger partial charge is 0.232 e. The molecule has 1 aromatic heterocycles. The van der Waals surface area contributed by atoms with Gasteiger partial charge >= 0.3 is 0 Å². The number of hydrogen-bond donors (Lipinski definition) is 2. The summed E-state index contributed by atoms with van der Waals surface area (Å²) in [6.07, 6.45) is 7.45. The van der Waals surface area contributed by atoms with E-state index in [9.17, 15) is 0 Å².